The van der Waals surface area contributed by atoms with Gasteiger partial charge in [0.1, 0.15) is 0 Å². The number of rotatable bonds is 6. The molecule has 1 N–H and O–H groups in total. The lowest BCUT2D eigenvalue weighted by atomic mass is 9.98. The molecule has 0 aliphatic carbocycles. The lowest BCUT2D eigenvalue weighted by Gasteiger charge is -2.20. The van der Waals surface area contributed by atoms with Gasteiger partial charge in [-0.2, -0.15) is 5.10 Å². The highest BCUT2D eigenvalue weighted by Gasteiger charge is 2.15. The fraction of sp³-hybridized carbons (Fsp3) is 0.562. The average molecular weight is 274 g/mol. The quantitative estimate of drug-likeness (QED) is 0.879. The lowest BCUT2D eigenvalue weighted by molar-refractivity contribution is 0.421. The highest BCUT2D eigenvalue weighted by molar-refractivity contribution is 5.18. The Labute approximate surface area is 121 Å². The van der Waals surface area contributed by atoms with Gasteiger partial charge in [-0.05, 0) is 37.1 Å². The average Bonchev–Trinajstić information content (AvgIpc) is 2.94. The fourth-order valence-electron chi connectivity index (χ4n) is 2.70. The van der Waals surface area contributed by atoms with E-state index in [0.717, 1.165) is 18.8 Å². The third-order valence-electron chi connectivity index (χ3n) is 3.67. The molecule has 0 aliphatic rings. The van der Waals surface area contributed by atoms with Crippen molar-refractivity contribution in [2.45, 2.75) is 40.3 Å². The van der Waals surface area contributed by atoms with Gasteiger partial charge in [0, 0.05) is 25.5 Å². The van der Waals surface area contributed by atoms with Crippen LogP contribution in [-0.4, -0.2) is 20.9 Å². The minimum atomic E-state index is 0.425. The molecule has 2 heterocycles. The maximum absolute atomic E-state index is 4.40. The SMILES string of the molecule is CCNC(c1ccn(Cc2cc(C)nn2C)c1)C(C)C. The molecule has 2 aromatic rings. The molecule has 110 valence electrons. The van der Waals surface area contributed by atoms with E-state index in [-0.39, 0.29) is 0 Å². The van der Waals surface area contributed by atoms with Crippen molar-refractivity contribution < 1.29 is 0 Å². The second-order valence-corrected chi connectivity index (χ2v) is 5.80. The summed E-state index contributed by atoms with van der Waals surface area (Å²) in [5.74, 6) is 0.588. The summed E-state index contributed by atoms with van der Waals surface area (Å²) in [6.07, 6.45) is 4.40. The zero-order valence-corrected chi connectivity index (χ0v) is 13.2. The summed E-state index contributed by atoms with van der Waals surface area (Å²) in [4.78, 5) is 0. The first kappa shape index (κ1) is 14.9. The third kappa shape index (κ3) is 3.31. The number of aryl methyl sites for hydroxylation is 2. The molecule has 0 saturated carbocycles. The molecule has 0 fully saturated rings. The molecule has 0 saturated heterocycles. The minimum Gasteiger partial charge on any atom is -0.348 e. The fourth-order valence-corrected chi connectivity index (χ4v) is 2.70. The molecular weight excluding hydrogens is 248 g/mol. The normalized spacial score (nSPS) is 13.1. The molecule has 20 heavy (non-hydrogen) atoms. The molecule has 2 aromatic heterocycles. The number of hydrogen-bond acceptors (Lipinski definition) is 2. The molecule has 0 bridgehead atoms. The summed E-state index contributed by atoms with van der Waals surface area (Å²) in [5, 5.41) is 7.96. The summed E-state index contributed by atoms with van der Waals surface area (Å²) < 4.78 is 4.19. The Kier molecular flexibility index (Phi) is 4.65. The zero-order valence-electron chi connectivity index (χ0n) is 13.2. The Bertz CT molecular complexity index is 551. The van der Waals surface area contributed by atoms with E-state index in [1.807, 2.05) is 18.7 Å². The van der Waals surface area contributed by atoms with E-state index >= 15 is 0 Å². The van der Waals surface area contributed by atoms with Crippen molar-refractivity contribution >= 4 is 0 Å². The van der Waals surface area contributed by atoms with E-state index in [1.165, 1.54) is 11.3 Å². The van der Waals surface area contributed by atoms with Crippen molar-refractivity contribution in [1.29, 1.82) is 0 Å². The summed E-state index contributed by atoms with van der Waals surface area (Å²) in [6, 6.07) is 4.79. The topological polar surface area (TPSA) is 34.8 Å². The maximum Gasteiger partial charge on any atom is 0.0639 e. The molecule has 0 aliphatic heterocycles. The molecule has 0 radical (unpaired) electrons. The Morgan fingerprint density at radius 2 is 2.10 bits per heavy atom. The van der Waals surface area contributed by atoms with Crippen LogP contribution in [0.15, 0.2) is 24.5 Å². The van der Waals surface area contributed by atoms with Crippen molar-refractivity contribution in [3.63, 3.8) is 0 Å². The molecule has 4 nitrogen and oxygen atoms in total. The van der Waals surface area contributed by atoms with Crippen LogP contribution in [0.3, 0.4) is 0 Å². The van der Waals surface area contributed by atoms with Crippen LogP contribution in [0, 0.1) is 12.8 Å². The van der Waals surface area contributed by atoms with Crippen molar-refractivity contribution in [1.82, 2.24) is 19.7 Å². The van der Waals surface area contributed by atoms with Gasteiger partial charge in [-0.15, -0.1) is 0 Å². The van der Waals surface area contributed by atoms with Gasteiger partial charge in [0.05, 0.1) is 17.9 Å². The number of hydrogen-bond donors (Lipinski definition) is 1. The summed E-state index contributed by atoms with van der Waals surface area (Å²) >= 11 is 0. The smallest absolute Gasteiger partial charge is 0.0639 e. The number of nitrogens with zero attached hydrogens (tertiary/aromatic N) is 3. The van der Waals surface area contributed by atoms with Crippen molar-refractivity contribution in [3.05, 3.63) is 41.5 Å². The largest absolute Gasteiger partial charge is 0.348 e. The summed E-state index contributed by atoms with van der Waals surface area (Å²) in [5.41, 5.74) is 3.66. The van der Waals surface area contributed by atoms with E-state index in [1.54, 1.807) is 0 Å². The van der Waals surface area contributed by atoms with Crippen LogP contribution in [-0.2, 0) is 13.6 Å². The second kappa shape index (κ2) is 6.27. The zero-order chi connectivity index (χ0) is 14.7. The monoisotopic (exact) mass is 274 g/mol. The van der Waals surface area contributed by atoms with E-state index in [9.17, 15) is 0 Å². The Morgan fingerprint density at radius 3 is 2.65 bits per heavy atom. The Balaban J connectivity index is 2.14. The Morgan fingerprint density at radius 1 is 1.35 bits per heavy atom. The van der Waals surface area contributed by atoms with E-state index in [4.69, 9.17) is 0 Å². The molecule has 0 aromatic carbocycles. The van der Waals surface area contributed by atoms with Gasteiger partial charge in [-0.1, -0.05) is 20.8 Å². The van der Waals surface area contributed by atoms with Crippen LogP contribution >= 0.6 is 0 Å². The van der Waals surface area contributed by atoms with Gasteiger partial charge in [0.25, 0.3) is 0 Å². The van der Waals surface area contributed by atoms with Crippen LogP contribution in [0.25, 0.3) is 0 Å². The third-order valence-corrected chi connectivity index (χ3v) is 3.67. The standard InChI is InChI=1S/C16H26N4/c1-6-17-16(12(2)3)14-7-8-20(10-14)11-15-9-13(4)18-19(15)5/h7-10,12,16-17H,6,11H2,1-5H3. The first-order chi connectivity index (χ1) is 9.51. The highest BCUT2D eigenvalue weighted by Crippen LogP contribution is 2.22. The van der Waals surface area contributed by atoms with Crippen LogP contribution in [0.4, 0.5) is 0 Å². The van der Waals surface area contributed by atoms with Crippen LogP contribution in [0.1, 0.15) is 43.8 Å². The van der Waals surface area contributed by atoms with Crippen molar-refractivity contribution in [2.75, 3.05) is 6.54 Å². The van der Waals surface area contributed by atoms with Gasteiger partial charge >= 0.3 is 0 Å². The molecular formula is C16H26N4. The first-order valence-corrected chi connectivity index (χ1v) is 7.39. The molecule has 4 heteroatoms. The predicted octanol–water partition coefficient (Wildman–Crippen LogP) is 2.88. The van der Waals surface area contributed by atoms with Crippen LogP contribution < -0.4 is 5.32 Å². The van der Waals surface area contributed by atoms with Crippen LogP contribution in [0.5, 0.6) is 0 Å². The first-order valence-electron chi connectivity index (χ1n) is 7.39. The molecule has 1 unspecified atom stereocenters. The molecule has 0 spiro atoms. The molecule has 0 amide bonds. The van der Waals surface area contributed by atoms with Crippen molar-refractivity contribution in [3.8, 4) is 0 Å². The maximum atomic E-state index is 4.40. The minimum absolute atomic E-state index is 0.425. The second-order valence-electron chi connectivity index (χ2n) is 5.80. The van der Waals surface area contributed by atoms with E-state index < -0.39 is 0 Å². The Hall–Kier alpha value is -1.55. The summed E-state index contributed by atoms with van der Waals surface area (Å²) in [7, 11) is 2.00. The van der Waals surface area contributed by atoms with Gasteiger partial charge in [-0.3, -0.25) is 4.68 Å². The van der Waals surface area contributed by atoms with Gasteiger partial charge in [0.2, 0.25) is 0 Å². The number of nitrogens with one attached hydrogen (secondary N) is 1. The van der Waals surface area contributed by atoms with Gasteiger partial charge in [-0.25, -0.2) is 0 Å². The van der Waals surface area contributed by atoms with Crippen molar-refractivity contribution in [2.24, 2.45) is 13.0 Å². The highest BCUT2D eigenvalue weighted by atomic mass is 15.3. The molecule has 2 rings (SSSR count). The molecule has 1 atom stereocenters. The number of aromatic nitrogens is 3. The predicted molar refractivity (Wildman–Crippen MR) is 82.7 cm³/mol. The van der Waals surface area contributed by atoms with Gasteiger partial charge in [0.15, 0.2) is 0 Å². The lowest BCUT2D eigenvalue weighted by Crippen LogP contribution is -2.25. The van der Waals surface area contributed by atoms with E-state index in [0.29, 0.717) is 12.0 Å². The summed E-state index contributed by atoms with van der Waals surface area (Å²) in [6.45, 7) is 10.6. The van der Waals surface area contributed by atoms with E-state index in [2.05, 4.69) is 60.3 Å². The van der Waals surface area contributed by atoms with Gasteiger partial charge < -0.3 is 9.88 Å². The van der Waals surface area contributed by atoms with Crippen LogP contribution in [0.2, 0.25) is 0 Å².